The summed E-state index contributed by atoms with van der Waals surface area (Å²) in [6.45, 7) is 23.0. The molecule has 0 aromatic heterocycles. The van der Waals surface area contributed by atoms with E-state index in [-0.39, 0.29) is 30.7 Å². The third kappa shape index (κ3) is 27.9. The monoisotopic (exact) mass is 1150 g/mol. The predicted molar refractivity (Wildman–Crippen MR) is 313 cm³/mol. The van der Waals surface area contributed by atoms with Gasteiger partial charge in [-0.3, -0.25) is 10.3 Å². The van der Waals surface area contributed by atoms with Crippen LogP contribution in [0.15, 0.2) is 17.8 Å². The maximum atomic E-state index is 15.2. The number of piperidine rings is 1. The summed E-state index contributed by atoms with van der Waals surface area (Å²) in [5.74, 6) is 0. The summed E-state index contributed by atoms with van der Waals surface area (Å²) in [5, 5.41) is 12.9. The third-order valence-electron chi connectivity index (χ3n) is 14.2. The van der Waals surface area contributed by atoms with E-state index in [0.717, 1.165) is 57.8 Å². The number of hydrogen-bond donors (Lipinski definition) is 4. The molecule has 8 amide bonds. The highest BCUT2D eigenvalue weighted by Crippen LogP contribution is 2.41. The van der Waals surface area contributed by atoms with Crippen LogP contribution in [-0.2, 0) is 36.3 Å². The molecule has 0 spiro atoms. The van der Waals surface area contributed by atoms with Crippen molar-refractivity contribution in [2.75, 3.05) is 108 Å². The van der Waals surface area contributed by atoms with Crippen molar-refractivity contribution in [2.24, 2.45) is 4.99 Å². The Morgan fingerprint density at radius 3 is 1.59 bits per heavy atom. The summed E-state index contributed by atoms with van der Waals surface area (Å²) in [6, 6.07) is -0.414. The molecule has 0 aromatic rings. The minimum Gasteiger partial charge on any atom is -0.377 e. The quantitative estimate of drug-likeness (QED) is 0.0193. The van der Waals surface area contributed by atoms with Crippen molar-refractivity contribution in [3.8, 4) is 0 Å². The van der Waals surface area contributed by atoms with Gasteiger partial charge >= 0.3 is 41.7 Å². The summed E-state index contributed by atoms with van der Waals surface area (Å²) in [4.78, 5) is 76.2. The number of hydroxylamine groups is 5. The Hall–Kier alpha value is -3.28. The number of hydrogen-bond acceptors (Lipinski definition) is 15. The zero-order valence-electron chi connectivity index (χ0n) is 50.9. The number of carbonyl (C=O) groups excluding carboxylic acids is 4. The zero-order chi connectivity index (χ0) is 58.3. The Labute approximate surface area is 473 Å². The summed E-state index contributed by atoms with van der Waals surface area (Å²) in [6.07, 6.45) is 19.3. The Kier molecular flexibility index (Phi) is 38.9. The highest BCUT2D eigenvalue weighted by molar-refractivity contribution is 6.60. The lowest BCUT2D eigenvalue weighted by molar-refractivity contribution is -0.287. The molecule has 0 saturated carbocycles. The van der Waals surface area contributed by atoms with E-state index in [4.69, 9.17) is 36.3 Å². The van der Waals surface area contributed by atoms with E-state index in [1.807, 2.05) is 4.90 Å². The number of nitrogens with zero attached hydrogens (tertiary/aromatic N) is 6. The van der Waals surface area contributed by atoms with Crippen molar-refractivity contribution in [1.29, 1.82) is 0 Å². The van der Waals surface area contributed by atoms with Gasteiger partial charge in [-0.2, -0.15) is 15.1 Å². The van der Waals surface area contributed by atoms with Crippen LogP contribution in [0.2, 0.25) is 12.1 Å². The van der Waals surface area contributed by atoms with Gasteiger partial charge in [-0.05, 0) is 98.8 Å². The molecule has 1 aliphatic rings. The normalized spacial score (nSPS) is 14.9. The Morgan fingerprint density at radius 2 is 1.09 bits per heavy atom. The molecule has 0 radical (unpaired) electrons. The Bertz CT molecular complexity index is 1610. The Balaban J connectivity index is 3.20. The topological polar surface area (TPSA) is 219 Å². The van der Waals surface area contributed by atoms with Crippen molar-refractivity contribution in [3.05, 3.63) is 12.8 Å². The highest BCUT2D eigenvalue weighted by Gasteiger charge is 2.49. The van der Waals surface area contributed by atoms with Crippen LogP contribution in [0, 0.1) is 0 Å². The van der Waals surface area contributed by atoms with Crippen molar-refractivity contribution in [3.63, 3.8) is 0 Å². The molecule has 24 heteroatoms. The Morgan fingerprint density at radius 1 is 0.603 bits per heavy atom. The molecule has 22 nitrogen and oxygen atoms in total. The molecule has 0 aliphatic carbocycles. The molecular weight excluding hydrogens is 1040 g/mol. The summed E-state index contributed by atoms with van der Waals surface area (Å²) in [7, 11) is 3.86. The number of unbranched alkanes of at least 4 members (excludes halogenated alkanes) is 11. The standard InChI is InChI=1S/C54H110N10O12Si2/c1-15-19-20-21-26-31-43-75-64-53(5,6)46-48(47-54(64,7)8)62(42-41-61(37-16-2)76-59-18-4)52(68)63(40-30-25-24-27-34-56-49(65)55-17-3)51(67)58-36-29-23-22-28-35-57-50(66)60(38-32-44-77(69-9,70-10)71-11)39-33-45-78(72-12,73-13)74-14/h17-18,48,59H,4,15-16,19-47H2,1-3,5-14H3,(H,56,65)(H,57,66)(H,58,67). The second-order valence-corrected chi connectivity index (χ2v) is 27.4. The zero-order valence-corrected chi connectivity index (χ0v) is 52.9. The third-order valence-corrected chi connectivity index (χ3v) is 19.9. The lowest BCUT2D eigenvalue weighted by atomic mass is 9.78. The van der Waals surface area contributed by atoms with Crippen molar-refractivity contribution in [2.45, 2.75) is 200 Å². The van der Waals surface area contributed by atoms with E-state index < -0.39 is 34.7 Å². The van der Waals surface area contributed by atoms with Crippen molar-refractivity contribution < 1.29 is 55.5 Å². The molecule has 1 aliphatic heterocycles. The van der Waals surface area contributed by atoms with Crippen LogP contribution in [-0.4, -0.2) is 198 Å². The first-order chi connectivity index (χ1) is 37.4. The van der Waals surface area contributed by atoms with Crippen LogP contribution in [0.1, 0.15) is 170 Å². The SMILES string of the molecule is C=CNON(CCC)CCN(C(=O)N(CCCCCCNC(=O)N=CC)C(=O)NCCCCCCNC(=O)N(CCC[Si](OC)(OC)OC)CCC[Si](OC)(OC)OC)C1CC(C)(C)N(OCCCCCCCC)C(C)(C)C1. The molecule has 456 valence electrons. The lowest BCUT2D eigenvalue weighted by Gasteiger charge is -2.55. The number of urea groups is 4. The average molecular weight is 1150 g/mol. The highest BCUT2D eigenvalue weighted by atomic mass is 28.4. The van der Waals surface area contributed by atoms with E-state index in [9.17, 15) is 14.4 Å². The van der Waals surface area contributed by atoms with Gasteiger partial charge in [0.2, 0.25) is 0 Å². The van der Waals surface area contributed by atoms with Gasteiger partial charge < -0.3 is 52.3 Å². The molecule has 78 heavy (non-hydrogen) atoms. The number of rotatable bonds is 45. The molecule has 1 heterocycles. The molecule has 0 atom stereocenters. The smallest absolute Gasteiger partial charge is 0.377 e. The number of aliphatic imine (C=N–C) groups is 1. The van der Waals surface area contributed by atoms with Gasteiger partial charge in [-0.25, -0.2) is 29.1 Å². The first kappa shape index (κ1) is 72.7. The van der Waals surface area contributed by atoms with Gasteiger partial charge in [0.15, 0.2) is 0 Å². The van der Waals surface area contributed by atoms with E-state index in [0.29, 0.717) is 110 Å². The molecule has 0 aromatic carbocycles. The summed E-state index contributed by atoms with van der Waals surface area (Å²) >= 11 is 0. The number of nitrogens with one attached hydrogen (secondary N) is 4. The van der Waals surface area contributed by atoms with Crippen molar-refractivity contribution in [1.82, 2.24) is 46.3 Å². The molecule has 0 unspecified atom stereocenters. The fourth-order valence-electron chi connectivity index (χ4n) is 10.2. The van der Waals surface area contributed by atoms with Gasteiger partial charge in [0, 0.05) is 143 Å². The lowest BCUT2D eigenvalue weighted by Crippen LogP contribution is -2.66. The average Bonchev–Trinajstić information content (AvgIpc) is 3.41. The van der Waals surface area contributed by atoms with Crippen LogP contribution < -0.4 is 21.4 Å². The maximum absolute atomic E-state index is 15.2. The fourth-order valence-corrected chi connectivity index (χ4v) is 13.6. The van der Waals surface area contributed by atoms with E-state index in [1.165, 1.54) is 43.0 Å². The van der Waals surface area contributed by atoms with Crippen molar-refractivity contribution >= 4 is 47.9 Å². The van der Waals surface area contributed by atoms with Gasteiger partial charge in [0.25, 0.3) is 0 Å². The number of amides is 8. The summed E-state index contributed by atoms with van der Waals surface area (Å²) < 4.78 is 33.6. The van der Waals surface area contributed by atoms with Crippen LogP contribution in [0.3, 0.4) is 0 Å². The fraction of sp³-hybridized carbons (Fsp3) is 0.870. The second kappa shape index (κ2) is 41.7. The molecule has 1 saturated heterocycles. The minimum absolute atomic E-state index is 0.165. The first-order valence-electron chi connectivity index (χ1n) is 29.1. The molecule has 1 fully saturated rings. The molecule has 0 bridgehead atoms. The van der Waals surface area contributed by atoms with E-state index in [2.05, 4.69) is 79.6 Å². The first-order valence-corrected chi connectivity index (χ1v) is 32.9. The predicted octanol–water partition coefficient (Wildman–Crippen LogP) is 9.49. The minimum atomic E-state index is -2.82. The summed E-state index contributed by atoms with van der Waals surface area (Å²) in [5.41, 5.74) is 1.89. The van der Waals surface area contributed by atoms with Crippen LogP contribution >= 0.6 is 0 Å². The number of carbonyl (C=O) groups is 4. The van der Waals surface area contributed by atoms with Gasteiger partial charge in [-0.15, -0.1) is 0 Å². The number of imide groups is 1. The van der Waals surface area contributed by atoms with E-state index in [1.54, 1.807) is 59.5 Å². The molecule has 1 rings (SSSR count). The second-order valence-electron chi connectivity index (χ2n) is 21.2. The van der Waals surface area contributed by atoms with E-state index >= 15 is 4.79 Å². The maximum Gasteiger partial charge on any atom is 0.500 e. The molecule has 4 N–H and O–H groups in total. The van der Waals surface area contributed by atoms with Gasteiger partial charge in [-0.1, -0.05) is 78.2 Å². The van der Waals surface area contributed by atoms with Crippen LogP contribution in [0.5, 0.6) is 0 Å². The largest absolute Gasteiger partial charge is 0.500 e. The molecular formula is C54H110N10O12Si2. The van der Waals surface area contributed by atoms with Crippen LogP contribution in [0.25, 0.3) is 0 Å². The van der Waals surface area contributed by atoms with Crippen LogP contribution in [0.4, 0.5) is 19.2 Å². The van der Waals surface area contributed by atoms with Gasteiger partial charge in [0.05, 0.1) is 6.61 Å². The van der Waals surface area contributed by atoms with Gasteiger partial charge in [0.1, 0.15) is 0 Å².